The van der Waals surface area contributed by atoms with Gasteiger partial charge >= 0.3 is 0 Å². The van der Waals surface area contributed by atoms with Gasteiger partial charge in [-0.3, -0.25) is 0 Å². The number of hydrogen-bond acceptors (Lipinski definition) is 1. The summed E-state index contributed by atoms with van der Waals surface area (Å²) in [6, 6.07) is 0. The molecule has 0 unspecified atom stereocenters. The highest BCUT2D eigenvalue weighted by Gasteiger charge is 2.21. The largest absolute Gasteiger partial charge is 0.330 e. The molecule has 1 aromatic rings. The van der Waals surface area contributed by atoms with Crippen molar-refractivity contribution in [2.45, 2.75) is 6.42 Å². The van der Waals surface area contributed by atoms with Gasteiger partial charge in [-0.25, -0.2) is 13.2 Å². The lowest BCUT2D eigenvalue weighted by atomic mass is 10.1. The van der Waals surface area contributed by atoms with Crippen LogP contribution in [-0.2, 0) is 6.42 Å². The minimum Gasteiger partial charge on any atom is -0.330 e. The average Bonchev–Trinajstić information content (AvgIpc) is 2.19. The predicted molar refractivity (Wildman–Crippen MR) is 51.8 cm³/mol. The van der Waals surface area contributed by atoms with Crippen LogP contribution in [0.4, 0.5) is 13.2 Å². The van der Waals surface area contributed by atoms with E-state index in [9.17, 15) is 13.2 Å². The summed E-state index contributed by atoms with van der Waals surface area (Å²) >= 11 is 8.00. The second-order valence-electron chi connectivity index (χ2n) is 2.59. The van der Waals surface area contributed by atoms with E-state index in [1.807, 2.05) is 0 Å². The molecule has 2 N–H and O–H groups in total. The molecule has 78 valence electrons. The Balaban J connectivity index is 3.43. The topological polar surface area (TPSA) is 26.0 Å². The molecular weight excluding hydrogens is 282 g/mol. The van der Waals surface area contributed by atoms with Gasteiger partial charge in [-0.05, 0) is 28.9 Å². The van der Waals surface area contributed by atoms with Crippen molar-refractivity contribution in [3.8, 4) is 0 Å². The zero-order chi connectivity index (χ0) is 10.9. The summed E-state index contributed by atoms with van der Waals surface area (Å²) in [6.45, 7) is 0.0933. The third-order valence-corrected chi connectivity index (χ3v) is 2.85. The fourth-order valence-electron chi connectivity index (χ4n) is 1.01. The molecule has 0 saturated heterocycles. The molecule has 0 aliphatic carbocycles. The molecule has 0 heterocycles. The van der Waals surface area contributed by atoms with Crippen LogP contribution in [0.15, 0.2) is 4.47 Å². The van der Waals surface area contributed by atoms with Crippen LogP contribution in [0.3, 0.4) is 0 Å². The first-order valence-corrected chi connectivity index (χ1v) is 4.88. The molecule has 0 spiro atoms. The number of nitrogens with two attached hydrogens (primary N) is 1. The maximum Gasteiger partial charge on any atom is 0.180 e. The first-order chi connectivity index (χ1) is 6.50. The van der Waals surface area contributed by atoms with Gasteiger partial charge in [0, 0.05) is 5.56 Å². The SMILES string of the molecule is NCCc1c(F)c(F)c(Cl)c(F)c1Br. The molecule has 0 bridgehead atoms. The van der Waals surface area contributed by atoms with Crippen LogP contribution in [0.25, 0.3) is 0 Å². The molecule has 0 radical (unpaired) electrons. The van der Waals surface area contributed by atoms with E-state index < -0.39 is 22.5 Å². The maximum atomic E-state index is 13.2. The molecule has 6 heteroatoms. The predicted octanol–water partition coefficient (Wildman–Crippen LogP) is 3.02. The summed E-state index contributed by atoms with van der Waals surface area (Å²) in [4.78, 5) is 0. The Morgan fingerprint density at radius 1 is 1.14 bits per heavy atom. The molecule has 14 heavy (non-hydrogen) atoms. The number of halogens is 5. The van der Waals surface area contributed by atoms with Crippen LogP contribution in [-0.4, -0.2) is 6.54 Å². The Hall–Kier alpha value is -0.260. The van der Waals surface area contributed by atoms with Crippen molar-refractivity contribution >= 4 is 27.5 Å². The van der Waals surface area contributed by atoms with E-state index in [1.165, 1.54) is 0 Å². The second-order valence-corrected chi connectivity index (χ2v) is 3.76. The Kier molecular flexibility index (Phi) is 3.80. The average molecular weight is 288 g/mol. The normalized spacial score (nSPS) is 10.7. The van der Waals surface area contributed by atoms with Gasteiger partial charge in [-0.15, -0.1) is 0 Å². The third kappa shape index (κ3) is 1.89. The molecule has 1 rings (SSSR count). The Labute approximate surface area is 92.2 Å². The van der Waals surface area contributed by atoms with Crippen molar-refractivity contribution in [3.63, 3.8) is 0 Å². The number of hydrogen-bond donors (Lipinski definition) is 1. The molecule has 0 saturated carbocycles. The first kappa shape index (κ1) is 11.8. The fraction of sp³-hybridized carbons (Fsp3) is 0.250. The molecule has 0 aromatic heterocycles. The first-order valence-electron chi connectivity index (χ1n) is 3.71. The van der Waals surface area contributed by atoms with Gasteiger partial charge in [0.15, 0.2) is 17.5 Å². The van der Waals surface area contributed by atoms with Crippen molar-refractivity contribution in [3.05, 3.63) is 32.5 Å². The Morgan fingerprint density at radius 3 is 2.21 bits per heavy atom. The van der Waals surface area contributed by atoms with Crippen molar-refractivity contribution in [1.82, 2.24) is 0 Å². The van der Waals surface area contributed by atoms with Gasteiger partial charge in [0.05, 0.1) is 4.47 Å². The maximum absolute atomic E-state index is 13.2. The summed E-state index contributed by atoms with van der Waals surface area (Å²) < 4.78 is 39.1. The zero-order valence-electron chi connectivity index (χ0n) is 6.88. The minimum atomic E-state index is -1.38. The zero-order valence-corrected chi connectivity index (χ0v) is 9.22. The van der Waals surface area contributed by atoms with Gasteiger partial charge in [0.2, 0.25) is 0 Å². The lowest BCUT2D eigenvalue weighted by molar-refractivity contribution is 0.483. The summed E-state index contributed by atoms with van der Waals surface area (Å²) in [7, 11) is 0. The monoisotopic (exact) mass is 287 g/mol. The van der Waals surface area contributed by atoms with E-state index in [1.54, 1.807) is 0 Å². The van der Waals surface area contributed by atoms with E-state index in [0.717, 1.165) is 0 Å². The van der Waals surface area contributed by atoms with E-state index in [0.29, 0.717) is 0 Å². The highest BCUT2D eigenvalue weighted by Crippen LogP contribution is 2.32. The van der Waals surface area contributed by atoms with Gasteiger partial charge < -0.3 is 5.73 Å². The second kappa shape index (κ2) is 4.51. The molecule has 0 fully saturated rings. The van der Waals surface area contributed by atoms with Crippen LogP contribution < -0.4 is 5.73 Å². The lowest BCUT2D eigenvalue weighted by Crippen LogP contribution is -2.08. The number of benzene rings is 1. The van der Waals surface area contributed by atoms with Crippen LogP contribution in [0.5, 0.6) is 0 Å². The van der Waals surface area contributed by atoms with Crippen molar-refractivity contribution in [2.75, 3.05) is 6.54 Å². The number of rotatable bonds is 2. The summed E-state index contributed by atoms with van der Waals surface area (Å²) in [5.41, 5.74) is 5.04. The molecule has 0 atom stereocenters. The van der Waals surface area contributed by atoms with Crippen molar-refractivity contribution < 1.29 is 13.2 Å². The van der Waals surface area contributed by atoms with Gasteiger partial charge in [0.1, 0.15) is 5.02 Å². The highest BCUT2D eigenvalue weighted by atomic mass is 79.9. The fourth-order valence-corrected chi connectivity index (χ4v) is 1.88. The van der Waals surface area contributed by atoms with Crippen LogP contribution >= 0.6 is 27.5 Å². The molecular formula is C8H6BrClF3N. The molecule has 1 aromatic carbocycles. The van der Waals surface area contributed by atoms with Crippen LogP contribution in [0, 0.1) is 17.5 Å². The molecule has 0 amide bonds. The Morgan fingerprint density at radius 2 is 1.71 bits per heavy atom. The van der Waals surface area contributed by atoms with Gasteiger partial charge in [-0.2, -0.15) is 0 Å². The van der Waals surface area contributed by atoms with Crippen LogP contribution in [0.1, 0.15) is 5.56 Å². The minimum absolute atomic E-state index is 0.0391. The Bertz CT molecular complexity index is 341. The lowest BCUT2D eigenvalue weighted by Gasteiger charge is -2.08. The molecule has 0 aliphatic heterocycles. The van der Waals surface area contributed by atoms with E-state index in [2.05, 4.69) is 15.9 Å². The van der Waals surface area contributed by atoms with Crippen molar-refractivity contribution in [2.24, 2.45) is 5.73 Å². The molecule has 1 nitrogen and oxygen atoms in total. The summed E-state index contributed by atoms with van der Waals surface area (Å²) in [6.07, 6.45) is 0.0391. The highest BCUT2D eigenvalue weighted by molar-refractivity contribution is 9.10. The summed E-state index contributed by atoms with van der Waals surface area (Å²) in [5, 5.41) is -0.852. The van der Waals surface area contributed by atoms with E-state index in [4.69, 9.17) is 17.3 Å². The third-order valence-electron chi connectivity index (χ3n) is 1.70. The standard InChI is InChI=1S/C8H6BrClF3N/c9-4-3(1-2-14)6(11)8(13)5(10)7(4)12/h1-2,14H2. The quantitative estimate of drug-likeness (QED) is 0.657. The van der Waals surface area contributed by atoms with Crippen molar-refractivity contribution in [1.29, 1.82) is 0 Å². The summed E-state index contributed by atoms with van der Waals surface area (Å²) in [5.74, 6) is -3.54. The van der Waals surface area contributed by atoms with Crippen LogP contribution in [0.2, 0.25) is 5.02 Å². The molecule has 0 aliphatic rings. The van der Waals surface area contributed by atoms with Gasteiger partial charge in [-0.1, -0.05) is 11.6 Å². The smallest absolute Gasteiger partial charge is 0.180 e. The van der Waals surface area contributed by atoms with Gasteiger partial charge in [0.25, 0.3) is 0 Å². The van der Waals surface area contributed by atoms with E-state index in [-0.39, 0.29) is 23.0 Å². The van der Waals surface area contributed by atoms with E-state index >= 15 is 0 Å².